The third kappa shape index (κ3) is 5.03. The Balaban J connectivity index is 1.65. The van der Waals surface area contributed by atoms with E-state index in [-0.39, 0.29) is 17.5 Å². The van der Waals surface area contributed by atoms with Gasteiger partial charge < -0.3 is 14.4 Å². The minimum Gasteiger partial charge on any atom is -0.451 e. The number of rotatable bonds is 6. The van der Waals surface area contributed by atoms with Gasteiger partial charge in [-0.2, -0.15) is 5.10 Å². The van der Waals surface area contributed by atoms with Crippen LogP contribution in [0.15, 0.2) is 59.5 Å². The lowest BCUT2D eigenvalue weighted by Gasteiger charge is -2.42. The van der Waals surface area contributed by atoms with Crippen LogP contribution in [-0.4, -0.2) is 45.9 Å². The number of hydrogen-bond acceptors (Lipinski definition) is 6. The first-order valence-electron chi connectivity index (χ1n) is 12.8. The maximum Gasteiger partial charge on any atom is 0.314 e. The minimum atomic E-state index is -0.789. The van der Waals surface area contributed by atoms with Crippen molar-refractivity contribution < 1.29 is 27.8 Å². The van der Waals surface area contributed by atoms with Crippen LogP contribution in [0.25, 0.3) is 0 Å². The Labute approximate surface area is 224 Å². The molecule has 0 bridgehead atoms. The third-order valence-electron chi connectivity index (χ3n) is 7.17. The third-order valence-corrected chi connectivity index (χ3v) is 7.17. The lowest BCUT2D eigenvalue weighted by molar-refractivity contribution is -0.159. The van der Waals surface area contributed by atoms with E-state index in [2.05, 4.69) is 5.10 Å². The average molecular weight is 538 g/mol. The molecule has 204 valence electrons. The summed E-state index contributed by atoms with van der Waals surface area (Å²) in [7, 11) is 0. The molecule has 2 aromatic carbocycles. The van der Waals surface area contributed by atoms with Crippen LogP contribution in [0.5, 0.6) is 5.75 Å². The fourth-order valence-corrected chi connectivity index (χ4v) is 5.42. The molecule has 0 spiro atoms. The Hall–Kier alpha value is -4.08. The molecule has 5 rings (SSSR count). The van der Waals surface area contributed by atoms with Gasteiger partial charge in [0, 0.05) is 12.5 Å². The van der Waals surface area contributed by atoms with Gasteiger partial charge in [0.15, 0.2) is 5.69 Å². The molecule has 1 saturated heterocycles. The quantitative estimate of drug-likeness (QED) is 0.341. The van der Waals surface area contributed by atoms with Crippen LogP contribution >= 0.6 is 0 Å². The number of carbonyl (C=O) groups excluding carboxylic acids is 2. The van der Waals surface area contributed by atoms with Crippen molar-refractivity contribution in [1.29, 1.82) is 0 Å². The van der Waals surface area contributed by atoms with Crippen LogP contribution in [0.2, 0.25) is 0 Å². The zero-order valence-corrected chi connectivity index (χ0v) is 21.9. The second kappa shape index (κ2) is 10.2. The molecule has 0 saturated carbocycles. The molecular formula is C29H29F2N3O5. The molecule has 1 amide bonds. The van der Waals surface area contributed by atoms with E-state index in [1.807, 2.05) is 0 Å². The lowest BCUT2D eigenvalue weighted by Crippen LogP contribution is -2.51. The molecule has 3 aromatic rings. The summed E-state index contributed by atoms with van der Waals surface area (Å²) < 4.78 is 41.2. The zero-order chi connectivity index (χ0) is 27.9. The SMILES string of the molecule is CC(C)(C)C(=O)OCOc1c2n(ncc1=O)[C@@H](C(c1cccc(F)c1)c1cccc(F)c1)[C@H]1CCCN1C2=O. The summed E-state index contributed by atoms with van der Waals surface area (Å²) in [4.78, 5) is 40.5. The number of carbonyl (C=O) groups is 2. The molecule has 3 heterocycles. The van der Waals surface area contributed by atoms with Crippen LogP contribution in [0, 0.1) is 17.0 Å². The molecule has 0 N–H and O–H groups in total. The molecule has 8 nitrogen and oxygen atoms in total. The van der Waals surface area contributed by atoms with Gasteiger partial charge in [-0.1, -0.05) is 24.3 Å². The smallest absolute Gasteiger partial charge is 0.314 e. The van der Waals surface area contributed by atoms with Gasteiger partial charge in [0.05, 0.1) is 23.7 Å². The Kier molecular flexibility index (Phi) is 6.96. The number of amides is 1. The highest BCUT2D eigenvalue weighted by Gasteiger charge is 2.48. The highest BCUT2D eigenvalue weighted by molar-refractivity contribution is 5.96. The van der Waals surface area contributed by atoms with Crippen molar-refractivity contribution in [2.75, 3.05) is 13.3 Å². The molecule has 0 unspecified atom stereocenters. The molecule has 0 aliphatic carbocycles. The first-order valence-corrected chi connectivity index (χ1v) is 12.8. The van der Waals surface area contributed by atoms with E-state index in [0.717, 1.165) is 6.20 Å². The van der Waals surface area contributed by atoms with E-state index in [1.54, 1.807) is 49.9 Å². The van der Waals surface area contributed by atoms with Gasteiger partial charge in [-0.25, -0.2) is 8.78 Å². The van der Waals surface area contributed by atoms with Gasteiger partial charge >= 0.3 is 5.97 Å². The van der Waals surface area contributed by atoms with Gasteiger partial charge in [-0.15, -0.1) is 0 Å². The normalized spacial score (nSPS) is 18.6. The Morgan fingerprint density at radius 2 is 1.72 bits per heavy atom. The molecule has 2 aliphatic heterocycles. The Morgan fingerprint density at radius 1 is 1.08 bits per heavy atom. The molecule has 1 aromatic heterocycles. The summed E-state index contributed by atoms with van der Waals surface area (Å²) in [6.45, 7) is 4.92. The first-order chi connectivity index (χ1) is 18.6. The largest absolute Gasteiger partial charge is 0.451 e. The van der Waals surface area contributed by atoms with Gasteiger partial charge in [0.1, 0.15) is 11.6 Å². The predicted octanol–water partition coefficient (Wildman–Crippen LogP) is 4.44. The molecule has 10 heteroatoms. The summed E-state index contributed by atoms with van der Waals surface area (Å²) in [5.74, 6) is -2.79. The number of benzene rings is 2. The molecule has 39 heavy (non-hydrogen) atoms. The minimum absolute atomic E-state index is 0.0877. The van der Waals surface area contributed by atoms with E-state index in [1.165, 1.54) is 28.9 Å². The number of aromatic nitrogens is 2. The van der Waals surface area contributed by atoms with Crippen LogP contribution in [0.4, 0.5) is 8.78 Å². The maximum absolute atomic E-state index is 14.5. The van der Waals surface area contributed by atoms with E-state index in [9.17, 15) is 23.2 Å². The van der Waals surface area contributed by atoms with Crippen molar-refractivity contribution in [2.45, 2.75) is 51.6 Å². The number of hydrogen-bond donors (Lipinski definition) is 0. The number of ether oxygens (including phenoxy) is 2. The van der Waals surface area contributed by atoms with Crippen LogP contribution in [0.1, 0.15) is 67.2 Å². The van der Waals surface area contributed by atoms with Crippen molar-refractivity contribution in [3.05, 3.63) is 93.4 Å². The van der Waals surface area contributed by atoms with E-state index >= 15 is 0 Å². The van der Waals surface area contributed by atoms with Crippen molar-refractivity contribution in [2.24, 2.45) is 5.41 Å². The maximum atomic E-state index is 14.5. The molecule has 0 radical (unpaired) electrons. The summed E-state index contributed by atoms with van der Waals surface area (Å²) in [6, 6.07) is 11.1. The molecule has 2 aliphatic rings. The highest BCUT2D eigenvalue weighted by atomic mass is 19.1. The number of halogens is 2. The van der Waals surface area contributed by atoms with E-state index in [4.69, 9.17) is 9.47 Å². The highest BCUT2D eigenvalue weighted by Crippen LogP contribution is 2.46. The number of fused-ring (bicyclic) bond motifs is 2. The standard InChI is InChI=1S/C29H29F2N3O5/c1-29(2,3)28(37)39-16-38-26-22(35)15-32-34-24(21-11-6-12-33(21)27(36)25(26)34)23(17-7-4-9-19(30)13-17)18-8-5-10-20(31)14-18/h4-5,7-10,13-15,21,23-24H,6,11-12,16H2,1-3H3/t21-,24-/m1/s1. The summed E-state index contributed by atoms with van der Waals surface area (Å²) >= 11 is 0. The zero-order valence-electron chi connectivity index (χ0n) is 21.9. The second-order valence-corrected chi connectivity index (χ2v) is 10.9. The van der Waals surface area contributed by atoms with Crippen LogP contribution in [-0.2, 0) is 9.53 Å². The predicted molar refractivity (Wildman–Crippen MR) is 137 cm³/mol. The number of nitrogens with zero attached hydrogens (tertiary/aromatic N) is 3. The fraction of sp³-hybridized carbons (Fsp3) is 0.379. The average Bonchev–Trinajstić information content (AvgIpc) is 3.37. The van der Waals surface area contributed by atoms with E-state index in [0.29, 0.717) is 30.5 Å². The fourth-order valence-electron chi connectivity index (χ4n) is 5.42. The van der Waals surface area contributed by atoms with Gasteiger partial charge in [-0.05, 0) is 69.0 Å². The number of esters is 1. The summed E-state index contributed by atoms with van der Waals surface area (Å²) in [5, 5.41) is 4.35. The van der Waals surface area contributed by atoms with Gasteiger partial charge in [0.25, 0.3) is 5.91 Å². The molecule has 2 atom stereocenters. The van der Waals surface area contributed by atoms with Crippen LogP contribution < -0.4 is 10.2 Å². The van der Waals surface area contributed by atoms with Gasteiger partial charge in [-0.3, -0.25) is 19.1 Å². The summed E-state index contributed by atoms with van der Waals surface area (Å²) in [6.07, 6.45) is 2.40. The van der Waals surface area contributed by atoms with Crippen molar-refractivity contribution in [1.82, 2.24) is 14.7 Å². The van der Waals surface area contributed by atoms with Crippen molar-refractivity contribution in [3.8, 4) is 5.75 Å². The molecular weight excluding hydrogens is 508 g/mol. The topological polar surface area (TPSA) is 90.7 Å². The summed E-state index contributed by atoms with van der Waals surface area (Å²) in [5.41, 5.74) is -0.385. The van der Waals surface area contributed by atoms with Crippen molar-refractivity contribution in [3.63, 3.8) is 0 Å². The Bertz CT molecular complexity index is 1440. The second-order valence-electron chi connectivity index (χ2n) is 10.9. The van der Waals surface area contributed by atoms with Gasteiger partial charge in [0.2, 0.25) is 18.0 Å². The van der Waals surface area contributed by atoms with E-state index < -0.39 is 53.1 Å². The first kappa shape index (κ1) is 26.5. The molecule has 1 fully saturated rings. The lowest BCUT2D eigenvalue weighted by atomic mass is 9.80. The Morgan fingerprint density at radius 3 is 2.31 bits per heavy atom. The van der Waals surface area contributed by atoms with Crippen LogP contribution in [0.3, 0.4) is 0 Å². The van der Waals surface area contributed by atoms with Crippen molar-refractivity contribution >= 4 is 11.9 Å². The monoisotopic (exact) mass is 537 g/mol.